The number of oxime groups is 1. The molecule has 2 aliphatic rings. The molecule has 0 aliphatic carbocycles. The number of aliphatic carboxylic acids is 1. The maximum atomic E-state index is 13.7. The first-order valence-corrected chi connectivity index (χ1v) is 18.4. The van der Waals surface area contributed by atoms with Crippen molar-refractivity contribution >= 4 is 69.7 Å². The minimum absolute atomic E-state index is 0.0370. The number of hydrogen-bond acceptors (Lipinski definition) is 14. The number of hydrogen-bond donors (Lipinski definition) is 3. The van der Waals surface area contributed by atoms with Gasteiger partial charge in [-0.1, -0.05) is 77.6 Å². The molecule has 17 heteroatoms. The van der Waals surface area contributed by atoms with Gasteiger partial charge >= 0.3 is 11.9 Å². The van der Waals surface area contributed by atoms with Crippen LogP contribution in [0.5, 0.6) is 0 Å². The van der Waals surface area contributed by atoms with Crippen molar-refractivity contribution in [1.82, 2.24) is 24.6 Å². The van der Waals surface area contributed by atoms with Crippen LogP contribution in [-0.4, -0.2) is 76.6 Å². The van der Waals surface area contributed by atoms with Crippen LogP contribution in [0.1, 0.15) is 36.9 Å². The number of pyridine rings is 1. The van der Waals surface area contributed by atoms with Gasteiger partial charge in [-0.2, -0.15) is 9.36 Å². The summed E-state index contributed by atoms with van der Waals surface area (Å²) in [4.78, 5) is 68.7. The fraction of sp³-hybridized carbons (Fsp3) is 0.200. The molecule has 266 valence electrons. The molecule has 0 saturated carbocycles. The van der Waals surface area contributed by atoms with Gasteiger partial charge in [0.2, 0.25) is 17.1 Å². The van der Waals surface area contributed by atoms with E-state index >= 15 is 0 Å². The number of carboxylic acid groups (broad SMARTS) is 1. The molecule has 0 spiro atoms. The van der Waals surface area contributed by atoms with Crippen molar-refractivity contribution < 1.29 is 33.9 Å². The van der Waals surface area contributed by atoms with E-state index in [9.17, 15) is 24.3 Å². The van der Waals surface area contributed by atoms with E-state index in [1.54, 1.807) is 29.9 Å². The maximum Gasteiger partial charge on any atom is 0.353 e. The number of nitrogens with zero attached hydrogens (tertiary/aromatic N) is 5. The third-order valence-electron chi connectivity index (χ3n) is 7.75. The van der Waals surface area contributed by atoms with Gasteiger partial charge < -0.3 is 25.7 Å². The Bertz CT molecular complexity index is 2020. The SMILES string of the molecule is CC(C)(O/N=C(/C(=O)NC1C(=O)N2C(C(=O)O)=C(/C=C/Sc3cccnc3)CS[C@H]12)c1nsc(N)n1)C(=O)OC(c1ccccc1)c1ccccc1. The van der Waals surface area contributed by atoms with E-state index in [1.165, 1.54) is 37.4 Å². The molecule has 1 fully saturated rings. The molecule has 0 bridgehead atoms. The number of allylic oxidation sites excluding steroid dienone is 1. The van der Waals surface area contributed by atoms with Gasteiger partial charge in [0.1, 0.15) is 17.1 Å². The van der Waals surface area contributed by atoms with Crippen molar-refractivity contribution in [2.45, 2.75) is 41.9 Å². The number of nitrogen functional groups attached to an aromatic ring is 1. The van der Waals surface area contributed by atoms with Gasteiger partial charge in [-0.05, 0) is 54.2 Å². The van der Waals surface area contributed by atoms with Crippen molar-refractivity contribution in [2.75, 3.05) is 11.5 Å². The molecule has 2 aliphatic heterocycles. The zero-order valence-electron chi connectivity index (χ0n) is 27.6. The summed E-state index contributed by atoms with van der Waals surface area (Å²) < 4.78 is 10.0. The normalized spacial score (nSPS) is 17.5. The highest BCUT2D eigenvalue weighted by Gasteiger charge is 2.54. The van der Waals surface area contributed by atoms with E-state index in [0.29, 0.717) is 5.57 Å². The average Bonchev–Trinajstić information content (AvgIpc) is 3.58. The number of carbonyl (C=O) groups is 4. The number of nitrogens with two attached hydrogens (primary N) is 1. The number of ether oxygens (including phenoxy) is 1. The van der Waals surface area contributed by atoms with Crippen LogP contribution < -0.4 is 11.1 Å². The smallest absolute Gasteiger partial charge is 0.353 e. The molecule has 2 amide bonds. The van der Waals surface area contributed by atoms with Crippen LogP contribution >= 0.6 is 35.1 Å². The van der Waals surface area contributed by atoms with Crippen molar-refractivity contribution in [1.29, 1.82) is 0 Å². The Balaban J connectivity index is 1.18. The van der Waals surface area contributed by atoms with Crippen LogP contribution in [0.3, 0.4) is 0 Å². The van der Waals surface area contributed by atoms with Gasteiger partial charge in [0.05, 0.1) is 0 Å². The first-order valence-electron chi connectivity index (χ1n) is 15.7. The van der Waals surface area contributed by atoms with E-state index in [0.717, 1.165) is 32.5 Å². The Morgan fingerprint density at radius 2 is 1.79 bits per heavy atom. The Kier molecular flexibility index (Phi) is 11.0. The molecule has 4 N–H and O–H groups in total. The second-order valence-corrected chi connectivity index (χ2v) is 14.6. The predicted molar refractivity (Wildman–Crippen MR) is 196 cm³/mol. The van der Waals surface area contributed by atoms with Crippen molar-refractivity contribution in [3.63, 3.8) is 0 Å². The number of rotatable bonds is 13. The minimum Gasteiger partial charge on any atom is -0.477 e. The Morgan fingerprint density at radius 1 is 1.10 bits per heavy atom. The molecule has 6 rings (SSSR count). The number of thioether (sulfide) groups is 2. The van der Waals surface area contributed by atoms with E-state index in [4.69, 9.17) is 15.3 Å². The Hall–Kier alpha value is -5.52. The summed E-state index contributed by atoms with van der Waals surface area (Å²) in [6.45, 7) is 2.86. The summed E-state index contributed by atoms with van der Waals surface area (Å²) in [5.41, 5.74) is 5.37. The summed E-state index contributed by atoms with van der Waals surface area (Å²) in [7, 11) is 0. The highest BCUT2D eigenvalue weighted by atomic mass is 32.2. The molecule has 4 aromatic rings. The van der Waals surface area contributed by atoms with Gasteiger partial charge in [0.25, 0.3) is 11.8 Å². The lowest BCUT2D eigenvalue weighted by molar-refractivity contribution is -0.172. The van der Waals surface area contributed by atoms with Crippen LogP contribution in [0.25, 0.3) is 0 Å². The molecular formula is C35H31N7O7S3. The monoisotopic (exact) mass is 757 g/mol. The largest absolute Gasteiger partial charge is 0.477 e. The summed E-state index contributed by atoms with van der Waals surface area (Å²) in [5, 5.41) is 17.7. The second-order valence-electron chi connectivity index (χ2n) is 11.8. The van der Waals surface area contributed by atoms with Crippen LogP contribution in [0, 0.1) is 0 Å². The summed E-state index contributed by atoms with van der Waals surface area (Å²) >= 11 is 3.45. The molecule has 2 atom stereocenters. The summed E-state index contributed by atoms with van der Waals surface area (Å²) in [6, 6.07) is 20.9. The third kappa shape index (κ3) is 8.01. The van der Waals surface area contributed by atoms with Crippen molar-refractivity contribution in [2.24, 2.45) is 5.16 Å². The molecule has 1 unspecified atom stereocenters. The number of carbonyl (C=O) groups excluding carboxylic acids is 3. The summed E-state index contributed by atoms with van der Waals surface area (Å²) in [6.07, 6.45) is 4.22. The quantitative estimate of drug-likeness (QED) is 0.0571. The lowest BCUT2D eigenvalue weighted by Gasteiger charge is -2.49. The number of benzene rings is 2. The zero-order valence-corrected chi connectivity index (χ0v) is 30.1. The van der Waals surface area contributed by atoms with Crippen LogP contribution in [0.15, 0.2) is 118 Å². The number of carboxylic acids is 1. The molecule has 2 aromatic heterocycles. The molecule has 52 heavy (non-hydrogen) atoms. The van der Waals surface area contributed by atoms with Crippen molar-refractivity contribution in [3.05, 3.63) is 125 Å². The van der Waals surface area contributed by atoms with Crippen LogP contribution in [0.2, 0.25) is 0 Å². The number of nitrogens with one attached hydrogen (secondary N) is 1. The average molecular weight is 758 g/mol. The highest BCUT2D eigenvalue weighted by Crippen LogP contribution is 2.41. The van der Waals surface area contributed by atoms with Gasteiger partial charge in [-0.3, -0.25) is 19.5 Å². The third-order valence-corrected chi connectivity index (χ3v) is 10.4. The molecule has 14 nitrogen and oxygen atoms in total. The highest BCUT2D eigenvalue weighted by molar-refractivity contribution is 8.02. The van der Waals surface area contributed by atoms with E-state index in [-0.39, 0.29) is 22.4 Å². The molecule has 2 aromatic carbocycles. The second kappa shape index (κ2) is 15.8. The van der Waals surface area contributed by atoms with Crippen LogP contribution in [0.4, 0.5) is 5.13 Å². The predicted octanol–water partition coefficient (Wildman–Crippen LogP) is 4.39. The molecule has 4 heterocycles. The van der Waals surface area contributed by atoms with Crippen molar-refractivity contribution in [3.8, 4) is 0 Å². The van der Waals surface area contributed by atoms with Gasteiger partial charge in [0, 0.05) is 34.6 Å². The Labute approximate surface area is 310 Å². The van der Waals surface area contributed by atoms with Gasteiger partial charge in [-0.25, -0.2) is 9.59 Å². The molecule has 0 radical (unpaired) electrons. The number of β-lactam (4-membered cyclic amide) rings is 1. The number of fused-ring (bicyclic) bond motifs is 1. The molecule has 1 saturated heterocycles. The number of anilines is 1. The van der Waals surface area contributed by atoms with E-state index < -0.39 is 52.6 Å². The zero-order chi connectivity index (χ0) is 36.8. The maximum absolute atomic E-state index is 13.7. The first-order chi connectivity index (χ1) is 25.0. The fourth-order valence-corrected chi connectivity index (χ4v) is 7.56. The number of aromatic nitrogens is 3. The number of esters is 1. The van der Waals surface area contributed by atoms with E-state index in [1.807, 2.05) is 66.7 Å². The first kappa shape index (κ1) is 36.3. The van der Waals surface area contributed by atoms with E-state index in [2.05, 4.69) is 24.8 Å². The Morgan fingerprint density at radius 3 is 2.38 bits per heavy atom. The molecular weight excluding hydrogens is 727 g/mol. The fourth-order valence-electron chi connectivity index (χ4n) is 5.14. The topological polar surface area (TPSA) is 199 Å². The lowest BCUT2D eigenvalue weighted by Crippen LogP contribution is -2.71. The number of amides is 2. The van der Waals surface area contributed by atoms with Gasteiger partial charge in [0.15, 0.2) is 11.2 Å². The standard InChI is InChI=1S/C35H31N7O7S3/c1-35(2,33(47)48-27(20-10-5-3-6-11-20)21-12-7-4-8-13-21)49-40-24(28-39-34(36)52-41-28)29(43)38-25-30(44)42-26(32(45)46)22(19-51-31(25)42)15-17-50-23-14-9-16-37-18-23/h3-18,25,27,31H,19H2,1-2H3,(H,38,43)(H,45,46)(H2,36,39,41)/b17-15+,40-24+/t25?,31-/m1/s1. The minimum atomic E-state index is -1.71. The lowest BCUT2D eigenvalue weighted by atomic mass is 10.0. The van der Waals surface area contributed by atoms with Crippen LogP contribution in [-0.2, 0) is 28.8 Å². The summed E-state index contributed by atoms with van der Waals surface area (Å²) in [5.74, 6) is -3.50. The van der Waals surface area contributed by atoms with Gasteiger partial charge in [-0.15, -0.1) is 11.8 Å².